The van der Waals surface area contributed by atoms with Crippen molar-refractivity contribution in [1.82, 2.24) is 4.90 Å². The van der Waals surface area contributed by atoms with E-state index in [4.69, 9.17) is 9.47 Å². The molecule has 2 aromatic carbocycles. The molecule has 0 bridgehead atoms. The second-order valence-electron chi connectivity index (χ2n) is 6.04. The summed E-state index contributed by atoms with van der Waals surface area (Å²) in [4.78, 5) is 2.14. The van der Waals surface area contributed by atoms with Crippen LogP contribution in [-0.4, -0.2) is 43.4 Å². The van der Waals surface area contributed by atoms with Gasteiger partial charge in [0.25, 0.3) is 0 Å². The lowest BCUT2D eigenvalue weighted by atomic mass is 10.1. The lowest BCUT2D eigenvalue weighted by Crippen LogP contribution is -2.33. The third-order valence-corrected chi connectivity index (χ3v) is 4.18. The van der Waals surface area contributed by atoms with Gasteiger partial charge in [0, 0.05) is 12.6 Å². The van der Waals surface area contributed by atoms with Crippen LogP contribution in [0.15, 0.2) is 54.6 Å². The SMILES string of the molecule is COc1ccc(COC[C@@H](O)CN(C)[C@@H](C)c2ccccc2)cc1. The number of nitrogens with zero attached hydrogens (tertiary/aromatic N) is 1. The van der Waals surface area contributed by atoms with Gasteiger partial charge in [-0.3, -0.25) is 4.90 Å². The fraction of sp³-hybridized carbons (Fsp3) is 0.400. The Kier molecular flexibility index (Phi) is 7.25. The summed E-state index contributed by atoms with van der Waals surface area (Å²) in [7, 11) is 3.67. The molecular formula is C20H27NO3. The van der Waals surface area contributed by atoms with E-state index in [0.717, 1.165) is 11.3 Å². The molecule has 0 radical (unpaired) electrons. The van der Waals surface area contributed by atoms with Crippen molar-refractivity contribution in [3.8, 4) is 5.75 Å². The van der Waals surface area contributed by atoms with E-state index in [1.807, 2.05) is 49.5 Å². The number of rotatable bonds is 9. The van der Waals surface area contributed by atoms with Crippen molar-refractivity contribution in [3.05, 3.63) is 65.7 Å². The molecule has 0 spiro atoms. The molecule has 2 rings (SSSR count). The molecule has 24 heavy (non-hydrogen) atoms. The van der Waals surface area contributed by atoms with E-state index >= 15 is 0 Å². The van der Waals surface area contributed by atoms with Crippen LogP contribution in [0.3, 0.4) is 0 Å². The first-order valence-corrected chi connectivity index (χ1v) is 8.24. The van der Waals surface area contributed by atoms with Crippen LogP contribution in [-0.2, 0) is 11.3 Å². The van der Waals surface area contributed by atoms with Crippen molar-refractivity contribution in [2.45, 2.75) is 25.7 Å². The molecule has 0 amide bonds. The van der Waals surface area contributed by atoms with E-state index in [-0.39, 0.29) is 6.04 Å². The monoisotopic (exact) mass is 329 g/mol. The van der Waals surface area contributed by atoms with Gasteiger partial charge in [-0.05, 0) is 37.2 Å². The van der Waals surface area contributed by atoms with Gasteiger partial charge in [-0.2, -0.15) is 0 Å². The van der Waals surface area contributed by atoms with Crippen molar-refractivity contribution >= 4 is 0 Å². The summed E-state index contributed by atoms with van der Waals surface area (Å²) in [6.07, 6.45) is -0.514. The van der Waals surface area contributed by atoms with Crippen LogP contribution < -0.4 is 4.74 Å². The van der Waals surface area contributed by atoms with Crippen molar-refractivity contribution in [3.63, 3.8) is 0 Å². The van der Waals surface area contributed by atoms with E-state index in [0.29, 0.717) is 19.8 Å². The lowest BCUT2D eigenvalue weighted by Gasteiger charge is -2.27. The normalized spacial score (nSPS) is 13.7. The summed E-state index contributed by atoms with van der Waals surface area (Å²) in [6.45, 7) is 3.51. The van der Waals surface area contributed by atoms with Gasteiger partial charge in [-0.25, -0.2) is 0 Å². The molecule has 0 saturated heterocycles. The Bertz CT molecular complexity index is 586. The van der Waals surface area contributed by atoms with Crippen LogP contribution >= 0.6 is 0 Å². The maximum atomic E-state index is 10.2. The van der Waals surface area contributed by atoms with Gasteiger partial charge in [-0.15, -0.1) is 0 Å². The molecule has 0 aliphatic rings. The molecule has 0 fully saturated rings. The molecule has 0 saturated carbocycles. The number of aliphatic hydroxyl groups excluding tert-OH is 1. The first kappa shape index (κ1) is 18.5. The second kappa shape index (κ2) is 9.42. The minimum Gasteiger partial charge on any atom is -0.497 e. The van der Waals surface area contributed by atoms with Crippen molar-refractivity contribution < 1.29 is 14.6 Å². The largest absolute Gasteiger partial charge is 0.497 e. The molecule has 0 aromatic heterocycles. The van der Waals surface area contributed by atoms with Crippen molar-refractivity contribution in [2.24, 2.45) is 0 Å². The summed E-state index contributed by atoms with van der Waals surface area (Å²) in [6, 6.07) is 18.3. The number of aliphatic hydroxyl groups is 1. The topological polar surface area (TPSA) is 41.9 Å². The maximum absolute atomic E-state index is 10.2. The molecule has 0 unspecified atom stereocenters. The molecule has 130 valence electrons. The predicted octanol–water partition coefficient (Wildman–Crippen LogP) is 3.27. The van der Waals surface area contributed by atoms with Gasteiger partial charge in [0.2, 0.25) is 0 Å². The summed E-state index contributed by atoms with van der Waals surface area (Å²) < 4.78 is 10.8. The third-order valence-electron chi connectivity index (χ3n) is 4.18. The number of hydrogen-bond donors (Lipinski definition) is 1. The summed E-state index contributed by atoms with van der Waals surface area (Å²) in [5.41, 5.74) is 2.31. The average Bonchev–Trinajstić information content (AvgIpc) is 2.62. The maximum Gasteiger partial charge on any atom is 0.118 e. The molecule has 4 heteroatoms. The van der Waals surface area contributed by atoms with E-state index in [1.165, 1.54) is 5.56 Å². The zero-order valence-electron chi connectivity index (χ0n) is 14.7. The Morgan fingerprint density at radius 3 is 2.33 bits per heavy atom. The van der Waals surface area contributed by atoms with Crippen molar-refractivity contribution in [1.29, 1.82) is 0 Å². The average molecular weight is 329 g/mol. The van der Waals surface area contributed by atoms with Gasteiger partial charge in [0.05, 0.1) is 26.4 Å². The predicted molar refractivity (Wildman–Crippen MR) is 96.1 cm³/mol. The third kappa shape index (κ3) is 5.64. The van der Waals surface area contributed by atoms with Gasteiger partial charge in [-0.1, -0.05) is 42.5 Å². The Morgan fingerprint density at radius 1 is 1.04 bits per heavy atom. The Labute approximate surface area is 144 Å². The zero-order chi connectivity index (χ0) is 17.4. The minimum atomic E-state index is -0.514. The standard InChI is InChI=1S/C20H27NO3/c1-16(18-7-5-4-6-8-18)21(2)13-19(22)15-24-14-17-9-11-20(23-3)12-10-17/h4-12,16,19,22H,13-15H2,1-3H3/t16-,19-/m0/s1. The number of hydrogen-bond acceptors (Lipinski definition) is 4. The van der Waals surface area contributed by atoms with Gasteiger partial charge in [0.15, 0.2) is 0 Å². The molecule has 0 heterocycles. The Hall–Kier alpha value is -1.88. The van der Waals surface area contributed by atoms with Crippen molar-refractivity contribution in [2.75, 3.05) is 27.3 Å². The van der Waals surface area contributed by atoms with E-state index < -0.39 is 6.10 Å². The number of benzene rings is 2. The van der Waals surface area contributed by atoms with Crippen LogP contribution in [0.5, 0.6) is 5.75 Å². The van der Waals surface area contributed by atoms with E-state index in [9.17, 15) is 5.11 Å². The molecule has 0 aliphatic carbocycles. The summed E-state index contributed by atoms with van der Waals surface area (Å²) in [5.74, 6) is 0.829. The second-order valence-corrected chi connectivity index (χ2v) is 6.04. The number of ether oxygens (including phenoxy) is 2. The van der Waals surface area contributed by atoms with Crippen LogP contribution in [0.25, 0.3) is 0 Å². The highest BCUT2D eigenvalue weighted by Gasteiger charge is 2.15. The highest BCUT2D eigenvalue weighted by atomic mass is 16.5. The number of methoxy groups -OCH3 is 1. The highest BCUT2D eigenvalue weighted by Crippen LogP contribution is 2.18. The highest BCUT2D eigenvalue weighted by molar-refractivity contribution is 5.26. The summed E-state index contributed by atoms with van der Waals surface area (Å²) in [5, 5.41) is 10.2. The first-order chi connectivity index (χ1) is 11.6. The Morgan fingerprint density at radius 2 is 1.71 bits per heavy atom. The van der Waals surface area contributed by atoms with E-state index in [2.05, 4.69) is 24.0 Å². The molecule has 2 aromatic rings. The Balaban J connectivity index is 1.73. The molecular weight excluding hydrogens is 302 g/mol. The fourth-order valence-corrected chi connectivity index (χ4v) is 2.56. The van der Waals surface area contributed by atoms with Crippen LogP contribution in [0.4, 0.5) is 0 Å². The summed E-state index contributed by atoms with van der Waals surface area (Å²) >= 11 is 0. The van der Waals surface area contributed by atoms with Crippen LogP contribution in [0.1, 0.15) is 24.1 Å². The minimum absolute atomic E-state index is 0.252. The lowest BCUT2D eigenvalue weighted by molar-refractivity contribution is 0.00852. The number of likely N-dealkylation sites (N-methyl/N-ethyl adjacent to an activating group) is 1. The fourth-order valence-electron chi connectivity index (χ4n) is 2.56. The van der Waals surface area contributed by atoms with Gasteiger partial charge in [0.1, 0.15) is 5.75 Å². The molecule has 2 atom stereocenters. The smallest absolute Gasteiger partial charge is 0.118 e. The molecule has 1 N–H and O–H groups in total. The van der Waals surface area contributed by atoms with Crippen LogP contribution in [0.2, 0.25) is 0 Å². The molecule has 4 nitrogen and oxygen atoms in total. The first-order valence-electron chi connectivity index (χ1n) is 8.24. The quantitative estimate of drug-likeness (QED) is 0.767. The molecule has 0 aliphatic heterocycles. The van der Waals surface area contributed by atoms with Crippen LogP contribution in [0, 0.1) is 0 Å². The van der Waals surface area contributed by atoms with Gasteiger partial charge >= 0.3 is 0 Å². The van der Waals surface area contributed by atoms with E-state index in [1.54, 1.807) is 7.11 Å². The van der Waals surface area contributed by atoms with Gasteiger partial charge < -0.3 is 14.6 Å². The zero-order valence-corrected chi connectivity index (χ0v) is 14.7.